The van der Waals surface area contributed by atoms with Gasteiger partial charge in [0.05, 0.1) is 7.11 Å². The normalized spacial score (nSPS) is 19.3. The van der Waals surface area contributed by atoms with Crippen molar-refractivity contribution in [1.29, 1.82) is 0 Å². The molecular formula is C25H35N5O2. The summed E-state index contributed by atoms with van der Waals surface area (Å²) in [6, 6.07) is 18.6. The van der Waals surface area contributed by atoms with Crippen LogP contribution in [-0.2, 0) is 6.54 Å². The molecule has 2 atom stereocenters. The van der Waals surface area contributed by atoms with Crippen molar-refractivity contribution in [2.45, 2.75) is 38.4 Å². The van der Waals surface area contributed by atoms with Crippen LogP contribution < -0.4 is 20.7 Å². The van der Waals surface area contributed by atoms with Crippen LogP contribution in [0.3, 0.4) is 0 Å². The second-order valence-electron chi connectivity index (χ2n) is 8.15. The van der Waals surface area contributed by atoms with E-state index in [2.05, 4.69) is 63.1 Å². The third kappa shape index (κ3) is 6.99. The summed E-state index contributed by atoms with van der Waals surface area (Å²) < 4.78 is 5.12. The molecule has 0 spiro atoms. The first-order chi connectivity index (χ1) is 15.6. The Kier molecular flexibility index (Phi) is 8.92. The lowest BCUT2D eigenvalue weighted by atomic mass is 9.97. The molecule has 7 heteroatoms. The van der Waals surface area contributed by atoms with E-state index in [1.165, 1.54) is 5.56 Å². The highest BCUT2D eigenvalue weighted by Gasteiger charge is 2.25. The third-order valence-electron chi connectivity index (χ3n) is 5.86. The number of piperidine rings is 1. The molecule has 1 aliphatic heterocycles. The number of amides is 1. The summed E-state index contributed by atoms with van der Waals surface area (Å²) in [6.45, 7) is 5.46. The van der Waals surface area contributed by atoms with Crippen LogP contribution in [0.1, 0.15) is 35.7 Å². The van der Waals surface area contributed by atoms with Gasteiger partial charge in [-0.1, -0.05) is 30.3 Å². The van der Waals surface area contributed by atoms with Crippen LogP contribution in [0.25, 0.3) is 0 Å². The van der Waals surface area contributed by atoms with Gasteiger partial charge in [-0.2, -0.15) is 0 Å². The molecule has 0 aromatic heterocycles. The van der Waals surface area contributed by atoms with Gasteiger partial charge in [-0.05, 0) is 49.6 Å². The van der Waals surface area contributed by atoms with Gasteiger partial charge in [0.25, 0.3) is 5.91 Å². The number of likely N-dealkylation sites (tertiary alicyclic amines) is 1. The van der Waals surface area contributed by atoms with Crippen molar-refractivity contribution < 1.29 is 9.53 Å². The first-order valence-corrected chi connectivity index (χ1v) is 11.3. The fourth-order valence-electron chi connectivity index (χ4n) is 3.99. The van der Waals surface area contributed by atoms with Crippen molar-refractivity contribution in [3.8, 4) is 5.75 Å². The molecular weight excluding hydrogens is 402 g/mol. The summed E-state index contributed by atoms with van der Waals surface area (Å²) >= 11 is 0. The SMILES string of the molecule is CN=C(NCCNC(=O)c1ccc(OC)cc1)NC1CCN(Cc2ccccc2)C(C)C1. The van der Waals surface area contributed by atoms with E-state index in [0.717, 1.165) is 37.6 Å². The van der Waals surface area contributed by atoms with Gasteiger partial charge in [-0.25, -0.2) is 0 Å². The van der Waals surface area contributed by atoms with Gasteiger partial charge < -0.3 is 20.7 Å². The van der Waals surface area contributed by atoms with Crippen LogP contribution in [0.5, 0.6) is 5.75 Å². The van der Waals surface area contributed by atoms with E-state index in [1.807, 2.05) is 0 Å². The van der Waals surface area contributed by atoms with Crippen LogP contribution in [0, 0.1) is 0 Å². The molecule has 2 unspecified atom stereocenters. The molecule has 0 aliphatic carbocycles. The van der Waals surface area contributed by atoms with Gasteiger partial charge in [-0.15, -0.1) is 0 Å². The minimum absolute atomic E-state index is 0.1000. The first kappa shape index (κ1) is 23.6. The first-order valence-electron chi connectivity index (χ1n) is 11.3. The maximum Gasteiger partial charge on any atom is 0.251 e. The minimum atomic E-state index is -0.1000. The van der Waals surface area contributed by atoms with Crippen molar-refractivity contribution in [3.63, 3.8) is 0 Å². The Morgan fingerprint density at radius 2 is 1.81 bits per heavy atom. The number of rotatable bonds is 8. The molecule has 1 saturated heterocycles. The maximum absolute atomic E-state index is 12.2. The van der Waals surface area contributed by atoms with Crippen LogP contribution in [0.2, 0.25) is 0 Å². The second kappa shape index (κ2) is 12.1. The van der Waals surface area contributed by atoms with Gasteiger partial charge in [0.1, 0.15) is 5.75 Å². The molecule has 0 radical (unpaired) electrons. The van der Waals surface area contributed by atoms with Gasteiger partial charge in [-0.3, -0.25) is 14.7 Å². The summed E-state index contributed by atoms with van der Waals surface area (Å²) in [4.78, 5) is 19.1. The average Bonchev–Trinajstić information content (AvgIpc) is 2.83. The van der Waals surface area contributed by atoms with E-state index in [9.17, 15) is 4.79 Å². The summed E-state index contributed by atoms with van der Waals surface area (Å²) in [5, 5.41) is 9.76. The zero-order valence-electron chi connectivity index (χ0n) is 19.3. The zero-order chi connectivity index (χ0) is 22.8. The fraction of sp³-hybridized carbons (Fsp3) is 0.440. The molecule has 3 N–H and O–H groups in total. The molecule has 1 amide bonds. The lowest BCUT2D eigenvalue weighted by Gasteiger charge is -2.38. The molecule has 1 fully saturated rings. The van der Waals surface area contributed by atoms with Crippen molar-refractivity contribution in [2.75, 3.05) is 33.8 Å². The quantitative estimate of drug-likeness (QED) is 0.336. The van der Waals surface area contributed by atoms with Crippen molar-refractivity contribution in [2.24, 2.45) is 4.99 Å². The minimum Gasteiger partial charge on any atom is -0.497 e. The standard InChI is InChI=1S/C25H35N5O2/c1-19-17-22(13-16-30(19)18-20-7-5-4-6-8-20)29-25(26-2)28-15-14-27-24(31)21-9-11-23(32-3)12-10-21/h4-12,19,22H,13-18H2,1-3H3,(H,27,31)(H2,26,28,29). The Hall–Kier alpha value is -3.06. The van der Waals surface area contributed by atoms with Crippen molar-refractivity contribution in [3.05, 3.63) is 65.7 Å². The molecule has 2 aromatic rings. The van der Waals surface area contributed by atoms with Gasteiger partial charge in [0, 0.05) is 50.9 Å². The fourth-order valence-corrected chi connectivity index (χ4v) is 3.99. The van der Waals surface area contributed by atoms with E-state index < -0.39 is 0 Å². The van der Waals surface area contributed by atoms with Gasteiger partial charge in [0.15, 0.2) is 5.96 Å². The van der Waals surface area contributed by atoms with Crippen molar-refractivity contribution in [1.82, 2.24) is 20.9 Å². The van der Waals surface area contributed by atoms with Crippen LogP contribution in [0.15, 0.2) is 59.6 Å². The number of hydrogen-bond donors (Lipinski definition) is 3. The largest absolute Gasteiger partial charge is 0.497 e. The molecule has 3 rings (SSSR count). The molecule has 2 aromatic carbocycles. The predicted octanol–water partition coefficient (Wildman–Crippen LogP) is 2.64. The summed E-state index contributed by atoms with van der Waals surface area (Å²) in [6.07, 6.45) is 2.15. The van der Waals surface area contributed by atoms with Gasteiger partial charge >= 0.3 is 0 Å². The summed E-state index contributed by atoms with van der Waals surface area (Å²) in [5.41, 5.74) is 1.98. The molecule has 0 bridgehead atoms. The Labute approximate surface area is 191 Å². The maximum atomic E-state index is 12.2. The van der Waals surface area contributed by atoms with Crippen LogP contribution in [0.4, 0.5) is 0 Å². The van der Waals surface area contributed by atoms with Gasteiger partial charge in [0.2, 0.25) is 0 Å². The summed E-state index contributed by atoms with van der Waals surface area (Å²) in [5.74, 6) is 1.41. The number of carbonyl (C=O) groups excluding carboxylic acids is 1. The van der Waals surface area contributed by atoms with Crippen molar-refractivity contribution >= 4 is 11.9 Å². The number of aliphatic imine (C=N–C) groups is 1. The molecule has 7 nitrogen and oxygen atoms in total. The Morgan fingerprint density at radius 1 is 1.09 bits per heavy atom. The van der Waals surface area contributed by atoms with E-state index in [-0.39, 0.29) is 5.91 Å². The van der Waals surface area contributed by atoms with Crippen LogP contribution >= 0.6 is 0 Å². The topological polar surface area (TPSA) is 78.0 Å². The molecule has 0 saturated carbocycles. The zero-order valence-corrected chi connectivity index (χ0v) is 19.3. The number of guanidine groups is 1. The highest BCUT2D eigenvalue weighted by molar-refractivity contribution is 5.94. The van der Waals surface area contributed by atoms with E-state index in [0.29, 0.717) is 30.7 Å². The van der Waals surface area contributed by atoms with E-state index >= 15 is 0 Å². The second-order valence-corrected chi connectivity index (χ2v) is 8.15. The highest BCUT2D eigenvalue weighted by atomic mass is 16.5. The summed E-state index contributed by atoms with van der Waals surface area (Å²) in [7, 11) is 3.38. The number of carbonyl (C=O) groups is 1. The Bertz CT molecular complexity index is 870. The monoisotopic (exact) mass is 437 g/mol. The Morgan fingerprint density at radius 3 is 2.47 bits per heavy atom. The van der Waals surface area contributed by atoms with Crippen LogP contribution in [-0.4, -0.2) is 62.6 Å². The Balaban J connectivity index is 1.37. The van der Waals surface area contributed by atoms with E-state index in [4.69, 9.17) is 4.74 Å². The molecule has 32 heavy (non-hydrogen) atoms. The lowest BCUT2D eigenvalue weighted by molar-refractivity contribution is 0.0954. The number of nitrogens with zero attached hydrogens (tertiary/aromatic N) is 2. The highest BCUT2D eigenvalue weighted by Crippen LogP contribution is 2.20. The number of methoxy groups -OCH3 is 1. The molecule has 172 valence electrons. The lowest BCUT2D eigenvalue weighted by Crippen LogP contribution is -2.52. The predicted molar refractivity (Wildman–Crippen MR) is 129 cm³/mol. The smallest absolute Gasteiger partial charge is 0.251 e. The average molecular weight is 438 g/mol. The third-order valence-corrected chi connectivity index (χ3v) is 5.86. The number of hydrogen-bond acceptors (Lipinski definition) is 4. The molecule has 1 aliphatic rings. The number of ether oxygens (including phenoxy) is 1. The number of nitrogens with one attached hydrogen (secondary N) is 3. The van der Waals surface area contributed by atoms with E-state index in [1.54, 1.807) is 38.4 Å². The number of benzene rings is 2. The molecule has 1 heterocycles.